The molecule has 1 heteroatoms. The number of hydrogen-bond acceptors (Lipinski definition) is 1. The Morgan fingerprint density at radius 3 is 2.27 bits per heavy atom. The summed E-state index contributed by atoms with van der Waals surface area (Å²) in [7, 11) is 0. The van der Waals surface area contributed by atoms with Crippen LogP contribution in [0.15, 0.2) is 0 Å². The Morgan fingerprint density at radius 2 is 1.91 bits per heavy atom. The van der Waals surface area contributed by atoms with E-state index in [9.17, 15) is 4.79 Å². The van der Waals surface area contributed by atoms with Gasteiger partial charge in [-0.2, -0.15) is 0 Å². The van der Waals surface area contributed by atoms with Crippen molar-refractivity contribution in [3.63, 3.8) is 0 Å². The topological polar surface area (TPSA) is 17.1 Å². The molecule has 0 radical (unpaired) electrons. The van der Waals surface area contributed by atoms with Crippen molar-refractivity contribution in [1.82, 2.24) is 0 Å². The Labute approximate surface area is 70.2 Å². The molecule has 0 fully saturated rings. The molecule has 66 valence electrons. The van der Waals surface area contributed by atoms with Crippen molar-refractivity contribution >= 4 is 5.78 Å². The molecule has 0 bridgehead atoms. The summed E-state index contributed by atoms with van der Waals surface area (Å²) in [5, 5.41) is 0. The van der Waals surface area contributed by atoms with Gasteiger partial charge in [0.2, 0.25) is 0 Å². The van der Waals surface area contributed by atoms with Crippen molar-refractivity contribution in [2.75, 3.05) is 0 Å². The first-order chi connectivity index (χ1) is 5.07. The van der Waals surface area contributed by atoms with Crippen LogP contribution in [0, 0.1) is 11.8 Å². The van der Waals surface area contributed by atoms with Crippen molar-refractivity contribution in [2.45, 2.75) is 47.0 Å². The van der Waals surface area contributed by atoms with E-state index in [1.807, 2.05) is 6.92 Å². The van der Waals surface area contributed by atoms with E-state index in [0.717, 1.165) is 6.42 Å². The molecule has 1 nitrogen and oxygen atoms in total. The van der Waals surface area contributed by atoms with Gasteiger partial charge in [0, 0.05) is 5.92 Å². The van der Waals surface area contributed by atoms with Crippen LogP contribution < -0.4 is 0 Å². The van der Waals surface area contributed by atoms with Gasteiger partial charge >= 0.3 is 0 Å². The van der Waals surface area contributed by atoms with Gasteiger partial charge in [0.1, 0.15) is 5.78 Å². The highest BCUT2D eigenvalue weighted by Crippen LogP contribution is 2.16. The van der Waals surface area contributed by atoms with Gasteiger partial charge in [-0.25, -0.2) is 0 Å². The van der Waals surface area contributed by atoms with E-state index in [1.165, 1.54) is 12.8 Å². The van der Waals surface area contributed by atoms with Gasteiger partial charge in [-0.3, -0.25) is 4.79 Å². The van der Waals surface area contributed by atoms with E-state index in [0.29, 0.717) is 11.7 Å². The second-order valence-electron chi connectivity index (χ2n) is 3.64. The molecule has 0 rings (SSSR count). The maximum atomic E-state index is 10.9. The summed E-state index contributed by atoms with van der Waals surface area (Å²) in [5.41, 5.74) is 0. The van der Waals surface area contributed by atoms with Crippen LogP contribution in [0.4, 0.5) is 0 Å². The van der Waals surface area contributed by atoms with Crippen LogP contribution >= 0.6 is 0 Å². The second kappa shape index (κ2) is 5.34. The highest BCUT2D eigenvalue weighted by molar-refractivity contribution is 5.77. The Balaban J connectivity index is 3.56. The summed E-state index contributed by atoms with van der Waals surface area (Å²) >= 11 is 0. The lowest BCUT2D eigenvalue weighted by Gasteiger charge is -2.13. The minimum atomic E-state index is 0.261. The van der Waals surface area contributed by atoms with Crippen molar-refractivity contribution < 1.29 is 4.79 Å². The standard InChI is InChI=1S/C10H20O/c1-5-6-8(2)7-9(3)10(4)11/h8-9H,5-7H2,1-4H3/t8-,9-/m0/s1. The molecule has 0 aromatic carbocycles. The maximum Gasteiger partial charge on any atom is 0.132 e. The van der Waals surface area contributed by atoms with Crippen molar-refractivity contribution in [3.05, 3.63) is 0 Å². The normalized spacial score (nSPS) is 16.0. The first-order valence-electron chi connectivity index (χ1n) is 4.58. The van der Waals surface area contributed by atoms with E-state index < -0.39 is 0 Å². The molecule has 11 heavy (non-hydrogen) atoms. The van der Waals surface area contributed by atoms with Gasteiger partial charge in [-0.05, 0) is 19.3 Å². The monoisotopic (exact) mass is 156 g/mol. The molecule has 0 aromatic rings. The molecule has 0 N–H and O–H groups in total. The summed E-state index contributed by atoms with van der Waals surface area (Å²) in [6, 6.07) is 0. The summed E-state index contributed by atoms with van der Waals surface area (Å²) in [5.74, 6) is 1.29. The van der Waals surface area contributed by atoms with Crippen molar-refractivity contribution in [3.8, 4) is 0 Å². The van der Waals surface area contributed by atoms with E-state index in [4.69, 9.17) is 0 Å². The highest BCUT2D eigenvalue weighted by Gasteiger charge is 2.11. The molecular weight excluding hydrogens is 136 g/mol. The lowest BCUT2D eigenvalue weighted by atomic mass is 9.92. The van der Waals surface area contributed by atoms with Gasteiger partial charge in [0.05, 0.1) is 0 Å². The minimum absolute atomic E-state index is 0.261. The maximum absolute atomic E-state index is 10.9. The van der Waals surface area contributed by atoms with Gasteiger partial charge < -0.3 is 0 Å². The summed E-state index contributed by atoms with van der Waals surface area (Å²) < 4.78 is 0. The van der Waals surface area contributed by atoms with Crippen LogP contribution in [0.3, 0.4) is 0 Å². The quantitative estimate of drug-likeness (QED) is 0.598. The molecule has 0 aliphatic heterocycles. The van der Waals surface area contributed by atoms with Crippen molar-refractivity contribution in [1.29, 1.82) is 0 Å². The average molecular weight is 156 g/mol. The summed E-state index contributed by atoms with van der Waals surface area (Å²) in [6.07, 6.45) is 3.53. The summed E-state index contributed by atoms with van der Waals surface area (Å²) in [4.78, 5) is 10.9. The lowest BCUT2D eigenvalue weighted by molar-refractivity contribution is -0.120. The van der Waals surface area contributed by atoms with Crippen LogP contribution in [0.25, 0.3) is 0 Å². The SMILES string of the molecule is CCC[C@H](C)C[C@H](C)C(C)=O. The molecule has 0 spiro atoms. The van der Waals surface area contributed by atoms with Crippen LogP contribution in [-0.2, 0) is 4.79 Å². The molecule has 0 saturated carbocycles. The molecule has 0 amide bonds. The second-order valence-corrected chi connectivity index (χ2v) is 3.64. The van der Waals surface area contributed by atoms with Gasteiger partial charge in [-0.15, -0.1) is 0 Å². The molecule has 2 atom stereocenters. The largest absolute Gasteiger partial charge is 0.300 e. The van der Waals surface area contributed by atoms with Crippen LogP contribution in [-0.4, -0.2) is 5.78 Å². The molecule has 0 aliphatic rings. The predicted molar refractivity (Wildman–Crippen MR) is 48.5 cm³/mol. The highest BCUT2D eigenvalue weighted by atomic mass is 16.1. The van der Waals surface area contributed by atoms with Gasteiger partial charge in [0.25, 0.3) is 0 Å². The van der Waals surface area contributed by atoms with E-state index in [2.05, 4.69) is 13.8 Å². The molecule has 0 aliphatic carbocycles. The number of hydrogen-bond donors (Lipinski definition) is 0. The Kier molecular flexibility index (Phi) is 5.18. The smallest absolute Gasteiger partial charge is 0.132 e. The zero-order chi connectivity index (χ0) is 8.85. The third kappa shape index (κ3) is 5.00. The first-order valence-corrected chi connectivity index (χ1v) is 4.58. The Hall–Kier alpha value is -0.330. The lowest BCUT2D eigenvalue weighted by Crippen LogP contribution is -2.10. The molecule has 0 heterocycles. The zero-order valence-electron chi connectivity index (χ0n) is 8.18. The fraction of sp³-hybridized carbons (Fsp3) is 0.900. The third-order valence-corrected chi connectivity index (χ3v) is 2.23. The van der Waals surface area contributed by atoms with Crippen LogP contribution in [0.5, 0.6) is 0 Å². The van der Waals surface area contributed by atoms with Gasteiger partial charge in [0.15, 0.2) is 0 Å². The Morgan fingerprint density at radius 1 is 1.36 bits per heavy atom. The fourth-order valence-electron chi connectivity index (χ4n) is 1.38. The van der Waals surface area contributed by atoms with E-state index >= 15 is 0 Å². The Bertz CT molecular complexity index is 118. The number of carbonyl (C=O) groups is 1. The van der Waals surface area contributed by atoms with Crippen LogP contribution in [0.2, 0.25) is 0 Å². The molecule has 0 aromatic heterocycles. The first kappa shape index (κ1) is 10.7. The average Bonchev–Trinajstić information content (AvgIpc) is 1.87. The number of carbonyl (C=O) groups excluding carboxylic acids is 1. The van der Waals surface area contributed by atoms with Crippen molar-refractivity contribution in [2.24, 2.45) is 11.8 Å². The predicted octanol–water partition coefficient (Wildman–Crippen LogP) is 3.04. The number of rotatable bonds is 5. The van der Waals surface area contributed by atoms with Gasteiger partial charge in [-0.1, -0.05) is 33.6 Å². The summed E-state index contributed by atoms with van der Waals surface area (Å²) in [6.45, 7) is 8.12. The molecule has 0 saturated heterocycles. The zero-order valence-corrected chi connectivity index (χ0v) is 8.18. The van der Waals surface area contributed by atoms with Crippen LogP contribution in [0.1, 0.15) is 47.0 Å². The van der Waals surface area contributed by atoms with E-state index in [1.54, 1.807) is 6.92 Å². The van der Waals surface area contributed by atoms with E-state index in [-0.39, 0.29) is 5.92 Å². The fourth-order valence-corrected chi connectivity index (χ4v) is 1.38. The molecule has 0 unspecified atom stereocenters. The molecular formula is C10H20O. The minimum Gasteiger partial charge on any atom is -0.300 e. The number of ketones is 1. The number of Topliss-reactive ketones (excluding diaryl/α,β-unsaturated/α-hetero) is 1. The third-order valence-electron chi connectivity index (χ3n) is 2.23.